The maximum Gasteiger partial charge on any atom is 0.153 e. The Balaban J connectivity index is 2.15. The Hall–Kier alpha value is -0.0900. The fourth-order valence-electron chi connectivity index (χ4n) is 1.23. The summed E-state index contributed by atoms with van der Waals surface area (Å²) in [5, 5.41) is 2.97. The Kier molecular flexibility index (Phi) is 3.58. The summed E-state index contributed by atoms with van der Waals surface area (Å²) < 4.78 is 22.9. The van der Waals surface area contributed by atoms with Gasteiger partial charge in [0.05, 0.1) is 11.0 Å². The van der Waals surface area contributed by atoms with E-state index in [1.54, 1.807) is 13.8 Å². The Bertz CT molecular complexity index is 278. The van der Waals surface area contributed by atoms with Crippen LogP contribution in [0.3, 0.4) is 0 Å². The highest BCUT2D eigenvalue weighted by atomic mass is 32.2. The second-order valence-electron chi connectivity index (χ2n) is 4.90. The molecule has 1 N–H and O–H groups in total. The van der Waals surface area contributed by atoms with Gasteiger partial charge in [-0.05, 0) is 32.1 Å². The molecule has 1 rings (SSSR count). The number of rotatable bonds is 6. The minimum Gasteiger partial charge on any atom is -0.315 e. The molecule has 0 radical (unpaired) electrons. The minimum atomic E-state index is -2.86. The van der Waals surface area contributed by atoms with E-state index in [9.17, 15) is 8.42 Å². The molecule has 84 valence electrons. The molecule has 0 amide bonds. The molecule has 0 bridgehead atoms. The van der Waals surface area contributed by atoms with Crippen LogP contribution in [0.2, 0.25) is 0 Å². The van der Waals surface area contributed by atoms with Crippen LogP contribution in [0.4, 0.5) is 0 Å². The van der Waals surface area contributed by atoms with E-state index in [1.807, 2.05) is 0 Å². The molecule has 0 aromatic rings. The molecule has 0 saturated heterocycles. The van der Waals surface area contributed by atoms with Gasteiger partial charge in [-0.2, -0.15) is 0 Å². The van der Waals surface area contributed by atoms with Gasteiger partial charge in [0.25, 0.3) is 0 Å². The largest absolute Gasteiger partial charge is 0.315 e. The van der Waals surface area contributed by atoms with E-state index in [4.69, 9.17) is 0 Å². The van der Waals surface area contributed by atoms with E-state index in [1.165, 1.54) is 12.8 Å². The van der Waals surface area contributed by atoms with Gasteiger partial charge in [0.2, 0.25) is 0 Å². The van der Waals surface area contributed by atoms with Crippen molar-refractivity contribution < 1.29 is 8.42 Å². The molecule has 0 aromatic heterocycles. The van der Waals surface area contributed by atoms with E-state index in [-0.39, 0.29) is 11.0 Å². The number of sulfone groups is 1. The molecule has 4 heteroatoms. The zero-order valence-electron chi connectivity index (χ0n) is 9.34. The third-order valence-corrected chi connectivity index (χ3v) is 5.15. The van der Waals surface area contributed by atoms with Crippen LogP contribution in [0.1, 0.15) is 33.6 Å². The molecule has 3 nitrogen and oxygen atoms in total. The first-order valence-electron chi connectivity index (χ1n) is 5.28. The lowest BCUT2D eigenvalue weighted by Crippen LogP contribution is -2.30. The predicted octanol–water partition coefficient (Wildman–Crippen LogP) is 1.20. The van der Waals surface area contributed by atoms with Crippen LogP contribution in [0.5, 0.6) is 0 Å². The highest BCUT2D eigenvalue weighted by molar-refractivity contribution is 7.92. The van der Waals surface area contributed by atoms with Gasteiger partial charge in [0.15, 0.2) is 9.84 Å². The predicted molar refractivity (Wildman–Crippen MR) is 59.1 cm³/mol. The van der Waals surface area contributed by atoms with Crippen molar-refractivity contribution in [3.63, 3.8) is 0 Å². The van der Waals surface area contributed by atoms with E-state index >= 15 is 0 Å². The Labute approximate surface area is 87.2 Å². The Morgan fingerprint density at radius 1 is 1.36 bits per heavy atom. The van der Waals surface area contributed by atoms with Gasteiger partial charge in [-0.15, -0.1) is 0 Å². The molecule has 1 saturated carbocycles. The van der Waals surface area contributed by atoms with E-state index in [0.29, 0.717) is 12.0 Å². The zero-order chi connectivity index (χ0) is 10.8. The van der Waals surface area contributed by atoms with Crippen molar-refractivity contribution in [1.82, 2.24) is 5.32 Å². The third kappa shape index (κ3) is 3.58. The van der Waals surface area contributed by atoms with Crippen molar-refractivity contribution in [2.45, 2.75) is 38.9 Å². The molecule has 14 heavy (non-hydrogen) atoms. The van der Waals surface area contributed by atoms with Gasteiger partial charge in [0, 0.05) is 13.1 Å². The lowest BCUT2D eigenvalue weighted by atomic mass is 10.1. The lowest BCUT2D eigenvalue weighted by molar-refractivity contribution is 0.507. The van der Waals surface area contributed by atoms with Gasteiger partial charge < -0.3 is 5.32 Å². The summed E-state index contributed by atoms with van der Waals surface area (Å²) in [6, 6.07) is 0. The Morgan fingerprint density at radius 3 is 2.36 bits per heavy atom. The van der Waals surface area contributed by atoms with Crippen LogP contribution in [0.15, 0.2) is 0 Å². The first-order chi connectivity index (χ1) is 6.36. The van der Waals surface area contributed by atoms with Crippen LogP contribution in [0.25, 0.3) is 0 Å². The maximum atomic E-state index is 11.4. The van der Waals surface area contributed by atoms with Crippen LogP contribution in [-0.4, -0.2) is 32.5 Å². The minimum absolute atomic E-state index is 0.249. The third-order valence-electron chi connectivity index (χ3n) is 2.94. The first kappa shape index (κ1) is 12.0. The molecule has 1 fully saturated rings. The molecular weight excluding hydrogens is 198 g/mol. The monoisotopic (exact) mass is 219 g/mol. The standard InChI is InChI=1S/C10H21NO2S/c1-9(2)14(12,13)7-6-11-8-10(3)4-5-10/h9,11H,4-8H2,1-3H3. The average molecular weight is 219 g/mol. The molecule has 0 aliphatic heterocycles. The molecule has 0 unspecified atom stereocenters. The topological polar surface area (TPSA) is 46.2 Å². The average Bonchev–Trinajstić information content (AvgIpc) is 2.78. The summed E-state index contributed by atoms with van der Waals surface area (Å²) in [5.74, 6) is 0.265. The summed E-state index contributed by atoms with van der Waals surface area (Å²) >= 11 is 0. The van der Waals surface area contributed by atoms with Gasteiger partial charge >= 0.3 is 0 Å². The van der Waals surface area contributed by atoms with Crippen molar-refractivity contribution in [2.24, 2.45) is 5.41 Å². The molecular formula is C10H21NO2S. The summed E-state index contributed by atoms with van der Waals surface area (Å²) in [6.45, 7) is 7.25. The van der Waals surface area contributed by atoms with Crippen molar-refractivity contribution in [2.75, 3.05) is 18.8 Å². The van der Waals surface area contributed by atoms with Crippen LogP contribution < -0.4 is 5.32 Å². The maximum absolute atomic E-state index is 11.4. The van der Waals surface area contributed by atoms with Crippen LogP contribution in [0, 0.1) is 5.41 Å². The fraction of sp³-hybridized carbons (Fsp3) is 1.00. The molecule has 0 spiro atoms. The van der Waals surface area contributed by atoms with Crippen molar-refractivity contribution in [3.05, 3.63) is 0 Å². The highest BCUT2D eigenvalue weighted by Gasteiger charge is 2.36. The van der Waals surface area contributed by atoms with Crippen molar-refractivity contribution >= 4 is 9.84 Å². The number of nitrogens with one attached hydrogen (secondary N) is 1. The van der Waals surface area contributed by atoms with Crippen LogP contribution >= 0.6 is 0 Å². The molecule has 0 heterocycles. The molecule has 1 aliphatic rings. The molecule has 0 aromatic carbocycles. The summed E-state index contributed by atoms with van der Waals surface area (Å²) in [4.78, 5) is 0. The quantitative estimate of drug-likeness (QED) is 0.683. The summed E-state index contributed by atoms with van der Waals surface area (Å²) in [5.41, 5.74) is 0.460. The SMILES string of the molecule is CC(C)S(=O)(=O)CCNCC1(C)CC1. The van der Waals surface area contributed by atoms with Gasteiger partial charge in [-0.3, -0.25) is 0 Å². The van der Waals surface area contributed by atoms with Crippen LogP contribution in [-0.2, 0) is 9.84 Å². The smallest absolute Gasteiger partial charge is 0.153 e. The molecule has 0 atom stereocenters. The second kappa shape index (κ2) is 4.19. The van der Waals surface area contributed by atoms with Gasteiger partial charge in [-0.1, -0.05) is 6.92 Å². The van der Waals surface area contributed by atoms with Gasteiger partial charge in [0.1, 0.15) is 0 Å². The first-order valence-corrected chi connectivity index (χ1v) is 7.00. The second-order valence-corrected chi connectivity index (χ2v) is 7.58. The van der Waals surface area contributed by atoms with E-state index in [2.05, 4.69) is 12.2 Å². The van der Waals surface area contributed by atoms with E-state index in [0.717, 1.165) is 6.54 Å². The summed E-state index contributed by atoms with van der Waals surface area (Å²) in [6.07, 6.45) is 2.55. The molecule has 1 aliphatic carbocycles. The number of hydrogen-bond acceptors (Lipinski definition) is 3. The van der Waals surface area contributed by atoms with Crippen molar-refractivity contribution in [1.29, 1.82) is 0 Å². The van der Waals surface area contributed by atoms with Crippen molar-refractivity contribution in [3.8, 4) is 0 Å². The van der Waals surface area contributed by atoms with E-state index < -0.39 is 9.84 Å². The number of hydrogen-bond donors (Lipinski definition) is 1. The normalized spacial score (nSPS) is 20.0. The van der Waals surface area contributed by atoms with Gasteiger partial charge in [-0.25, -0.2) is 8.42 Å². The lowest BCUT2D eigenvalue weighted by Gasteiger charge is -2.11. The summed E-state index contributed by atoms with van der Waals surface area (Å²) in [7, 11) is -2.86. The fourth-order valence-corrected chi connectivity index (χ4v) is 2.13. The highest BCUT2D eigenvalue weighted by Crippen LogP contribution is 2.43. The Morgan fingerprint density at radius 2 is 1.93 bits per heavy atom. The zero-order valence-corrected chi connectivity index (χ0v) is 10.2.